The normalized spacial score (nSPS) is 33.6. The molecule has 2 amide bonds. The summed E-state index contributed by atoms with van der Waals surface area (Å²) in [7, 11) is 0. The molecule has 1 aromatic rings. The number of nitrogens with zero attached hydrogens (tertiary/aromatic N) is 2. The monoisotopic (exact) mass is 564 g/mol. The summed E-state index contributed by atoms with van der Waals surface area (Å²) in [6.07, 6.45) is 9.73. The van der Waals surface area contributed by atoms with Crippen molar-refractivity contribution in [1.82, 2.24) is 9.80 Å². The molecule has 1 N–H and O–H groups in total. The second kappa shape index (κ2) is 10.4. The Hall–Kier alpha value is -2.97. The average molecular weight is 565 g/mol. The number of cyclic esters (lactones) is 1. The Labute approximate surface area is 243 Å². The van der Waals surface area contributed by atoms with Gasteiger partial charge >= 0.3 is 5.97 Å². The van der Waals surface area contributed by atoms with Gasteiger partial charge in [0, 0.05) is 12.1 Å². The first-order valence-corrected chi connectivity index (χ1v) is 14.8. The van der Waals surface area contributed by atoms with Crippen LogP contribution in [0, 0.1) is 17.3 Å². The number of benzene rings is 1. The van der Waals surface area contributed by atoms with E-state index in [-0.39, 0.29) is 30.4 Å². The van der Waals surface area contributed by atoms with Gasteiger partial charge in [-0.15, -0.1) is 0 Å². The number of rotatable bonds is 5. The minimum absolute atomic E-state index is 0.0568. The quantitative estimate of drug-likeness (QED) is 0.426. The summed E-state index contributed by atoms with van der Waals surface area (Å²) in [6.45, 7) is 12.6. The Bertz CT molecular complexity index is 1250. The van der Waals surface area contributed by atoms with Crippen molar-refractivity contribution in [2.24, 2.45) is 17.3 Å². The van der Waals surface area contributed by atoms with Crippen molar-refractivity contribution < 1.29 is 29.0 Å². The van der Waals surface area contributed by atoms with Crippen molar-refractivity contribution in [3.8, 4) is 0 Å². The molecule has 222 valence electrons. The molecule has 0 aliphatic carbocycles. The summed E-state index contributed by atoms with van der Waals surface area (Å²) in [6, 6.07) is 7.36. The number of amides is 2. The molecular weight excluding hydrogens is 520 g/mol. The molecule has 5 rings (SSSR count). The van der Waals surface area contributed by atoms with Crippen molar-refractivity contribution in [3.05, 3.63) is 60.2 Å². The van der Waals surface area contributed by atoms with Crippen LogP contribution in [0.15, 0.2) is 54.6 Å². The molecule has 4 aliphatic rings. The van der Waals surface area contributed by atoms with Crippen LogP contribution in [0.25, 0.3) is 0 Å². The van der Waals surface area contributed by atoms with Gasteiger partial charge in [-0.1, -0.05) is 75.4 Å². The largest absolute Gasteiger partial charge is 0.465 e. The van der Waals surface area contributed by atoms with Crippen LogP contribution in [-0.2, 0) is 23.9 Å². The van der Waals surface area contributed by atoms with Crippen LogP contribution in [0.2, 0.25) is 0 Å². The lowest BCUT2D eigenvalue weighted by Crippen LogP contribution is -2.60. The van der Waals surface area contributed by atoms with Crippen molar-refractivity contribution in [2.75, 3.05) is 19.8 Å². The number of aliphatic hydroxyl groups is 1. The minimum atomic E-state index is -1.41. The minimum Gasteiger partial charge on any atom is -0.465 e. The zero-order chi connectivity index (χ0) is 29.8. The molecule has 2 saturated heterocycles. The Kier molecular flexibility index (Phi) is 7.48. The number of fused-ring (bicyclic) bond motifs is 2. The van der Waals surface area contributed by atoms with Gasteiger partial charge in [0.15, 0.2) is 0 Å². The van der Waals surface area contributed by atoms with Crippen LogP contribution < -0.4 is 0 Å². The Balaban J connectivity index is 1.70. The number of likely N-dealkylation sites (tertiary alicyclic amines) is 1. The highest BCUT2D eigenvalue weighted by Crippen LogP contribution is 2.58. The molecule has 8 heteroatoms. The SMILES string of the molecule is CC(C)(C)CC(C)(C)N1CC=C[C@]23O[C@@]4(C)/C=C\CCCOC(=O)[C@H]4[C@H]2C(=O)N([C@H](CO)c2ccccc2)C3C1=O. The number of aliphatic hydroxyl groups excluding tert-OH is 1. The first-order chi connectivity index (χ1) is 19.3. The molecule has 4 aliphatic heterocycles. The average Bonchev–Trinajstić information content (AvgIpc) is 3.23. The molecule has 41 heavy (non-hydrogen) atoms. The Morgan fingerprint density at radius 3 is 2.37 bits per heavy atom. The lowest BCUT2D eigenvalue weighted by molar-refractivity contribution is -0.163. The summed E-state index contributed by atoms with van der Waals surface area (Å²) in [5.74, 6) is -3.06. The highest BCUT2D eigenvalue weighted by molar-refractivity contribution is 5.99. The summed E-state index contributed by atoms with van der Waals surface area (Å²) in [4.78, 5) is 46.6. The van der Waals surface area contributed by atoms with Gasteiger partial charge in [-0.3, -0.25) is 14.4 Å². The Morgan fingerprint density at radius 1 is 1.00 bits per heavy atom. The second-order valence-corrected chi connectivity index (χ2v) is 14.0. The third-order valence-electron chi connectivity index (χ3n) is 9.07. The number of esters is 1. The van der Waals surface area contributed by atoms with Crippen LogP contribution in [0.3, 0.4) is 0 Å². The third-order valence-corrected chi connectivity index (χ3v) is 9.07. The van der Waals surface area contributed by atoms with Gasteiger partial charge in [-0.05, 0) is 51.0 Å². The molecule has 1 aromatic carbocycles. The van der Waals surface area contributed by atoms with Crippen molar-refractivity contribution in [1.29, 1.82) is 0 Å². The van der Waals surface area contributed by atoms with Crippen LogP contribution in [-0.4, -0.2) is 75.2 Å². The second-order valence-electron chi connectivity index (χ2n) is 14.0. The van der Waals surface area contributed by atoms with E-state index >= 15 is 0 Å². The maximum atomic E-state index is 14.9. The van der Waals surface area contributed by atoms with E-state index < -0.39 is 46.6 Å². The molecule has 0 aromatic heterocycles. The van der Waals surface area contributed by atoms with E-state index in [1.54, 1.807) is 0 Å². The fourth-order valence-corrected chi connectivity index (χ4v) is 7.88. The van der Waals surface area contributed by atoms with Crippen molar-refractivity contribution in [2.45, 2.75) is 89.6 Å². The lowest BCUT2D eigenvalue weighted by Gasteiger charge is -2.45. The topological polar surface area (TPSA) is 96.4 Å². The van der Waals surface area contributed by atoms with E-state index in [0.29, 0.717) is 24.9 Å². The van der Waals surface area contributed by atoms with Gasteiger partial charge in [0.25, 0.3) is 0 Å². The molecule has 8 nitrogen and oxygen atoms in total. The zero-order valence-corrected chi connectivity index (χ0v) is 25.1. The molecule has 0 saturated carbocycles. The number of hydrogen-bond donors (Lipinski definition) is 1. The first kappa shape index (κ1) is 29.5. The van der Waals surface area contributed by atoms with Crippen molar-refractivity contribution >= 4 is 17.8 Å². The van der Waals surface area contributed by atoms with Gasteiger partial charge in [-0.2, -0.15) is 0 Å². The zero-order valence-electron chi connectivity index (χ0n) is 25.1. The summed E-state index contributed by atoms with van der Waals surface area (Å²) < 4.78 is 12.6. The third kappa shape index (κ3) is 4.93. The number of carbonyl (C=O) groups excluding carboxylic acids is 3. The fraction of sp³-hybridized carbons (Fsp3) is 0.606. The van der Waals surface area contributed by atoms with Crippen LogP contribution in [0.5, 0.6) is 0 Å². The van der Waals surface area contributed by atoms with E-state index in [9.17, 15) is 19.5 Å². The molecular formula is C33H44N2O6. The number of allylic oxidation sites excluding steroid dienone is 1. The highest BCUT2D eigenvalue weighted by atomic mass is 16.6. The molecule has 0 bridgehead atoms. The van der Waals surface area contributed by atoms with E-state index in [1.807, 2.05) is 66.5 Å². The number of carbonyl (C=O) groups is 3. The van der Waals surface area contributed by atoms with E-state index in [0.717, 1.165) is 6.42 Å². The first-order valence-electron chi connectivity index (χ1n) is 14.8. The highest BCUT2D eigenvalue weighted by Gasteiger charge is 2.75. The maximum absolute atomic E-state index is 14.9. The van der Waals surface area contributed by atoms with Crippen LogP contribution in [0.4, 0.5) is 0 Å². The van der Waals surface area contributed by atoms with Gasteiger partial charge in [-0.25, -0.2) is 0 Å². The molecule has 6 atom stereocenters. The predicted molar refractivity (Wildman–Crippen MR) is 154 cm³/mol. The molecule has 4 heterocycles. The maximum Gasteiger partial charge on any atom is 0.313 e. The summed E-state index contributed by atoms with van der Waals surface area (Å²) >= 11 is 0. The van der Waals surface area contributed by atoms with E-state index in [2.05, 4.69) is 34.6 Å². The predicted octanol–water partition coefficient (Wildman–Crippen LogP) is 4.20. The lowest BCUT2D eigenvalue weighted by atomic mass is 9.74. The fourth-order valence-electron chi connectivity index (χ4n) is 7.88. The number of hydrogen-bond acceptors (Lipinski definition) is 6. The van der Waals surface area contributed by atoms with Crippen molar-refractivity contribution in [3.63, 3.8) is 0 Å². The summed E-state index contributed by atoms with van der Waals surface area (Å²) in [5.41, 5.74) is -2.45. The molecule has 1 spiro atoms. The van der Waals surface area contributed by atoms with Gasteiger partial charge in [0.05, 0.1) is 30.8 Å². The van der Waals surface area contributed by atoms with Crippen LogP contribution >= 0.6 is 0 Å². The summed E-state index contributed by atoms with van der Waals surface area (Å²) in [5, 5.41) is 10.7. The van der Waals surface area contributed by atoms with Gasteiger partial charge in [0.1, 0.15) is 17.6 Å². The standard InChI is InChI=1S/C33H44N2O6/c1-30(2,3)21-31(4,5)34-18-13-17-33-24(25-29(39)40-19-12-8-11-16-32(25,6)41-33)27(37)35(26(33)28(34)38)23(20-36)22-14-9-7-10-15-22/h7,9-11,13-17,23-26,36H,8,12,18-21H2,1-6H3/b16-11-/t23-,24+,25-,26?,32+,33+/m1/s1. The molecule has 0 radical (unpaired) electrons. The Morgan fingerprint density at radius 2 is 1.71 bits per heavy atom. The van der Waals surface area contributed by atoms with Crippen LogP contribution in [0.1, 0.15) is 72.4 Å². The number of ether oxygens (including phenoxy) is 2. The van der Waals surface area contributed by atoms with Gasteiger partial charge < -0.3 is 24.4 Å². The van der Waals surface area contributed by atoms with Gasteiger partial charge in [0.2, 0.25) is 11.8 Å². The molecule has 2 fully saturated rings. The van der Waals surface area contributed by atoms with E-state index in [1.165, 1.54) is 4.90 Å². The smallest absolute Gasteiger partial charge is 0.313 e. The molecule has 1 unspecified atom stereocenters. The van der Waals surface area contributed by atoms with E-state index in [4.69, 9.17) is 9.47 Å².